The predicted octanol–water partition coefficient (Wildman–Crippen LogP) is 3.28. The number of nitrogens with one attached hydrogen (secondary N) is 3. The van der Waals surface area contributed by atoms with E-state index in [1.54, 1.807) is 30.3 Å². The Morgan fingerprint density at radius 2 is 1.88 bits per heavy atom. The number of benzene rings is 2. The molecule has 0 saturated carbocycles. The molecule has 3 aromatic rings. The van der Waals surface area contributed by atoms with Gasteiger partial charge in [0.25, 0.3) is 5.91 Å². The van der Waals surface area contributed by atoms with Crippen molar-refractivity contribution < 1.29 is 23.5 Å². The number of rotatable bonds is 9. The topological polar surface area (TPSA) is 122 Å². The van der Waals surface area contributed by atoms with Crippen LogP contribution in [0.15, 0.2) is 70.4 Å². The highest BCUT2D eigenvalue weighted by Gasteiger charge is 2.12. The van der Waals surface area contributed by atoms with E-state index in [0.29, 0.717) is 22.8 Å². The van der Waals surface area contributed by atoms with Crippen molar-refractivity contribution in [2.24, 2.45) is 5.10 Å². The number of ether oxygens (including phenoxy) is 1. The Kier molecular flexibility index (Phi) is 8.81. The van der Waals surface area contributed by atoms with E-state index in [0.717, 1.165) is 6.42 Å². The van der Waals surface area contributed by atoms with Gasteiger partial charge in [0.1, 0.15) is 11.5 Å². The molecule has 0 saturated heterocycles. The first kappa shape index (κ1) is 24.5. The number of anilines is 1. The average Bonchev–Trinajstić information content (AvgIpc) is 3.36. The van der Waals surface area contributed by atoms with Crippen molar-refractivity contribution in [1.82, 2.24) is 10.7 Å². The first-order valence-electron chi connectivity index (χ1n) is 10.4. The Labute approximate surface area is 201 Å². The molecule has 0 bridgehead atoms. The Bertz CT molecular complexity index is 1160. The maximum absolute atomic E-state index is 12.1. The number of hydrazone groups is 1. The number of carbonyl (C=O) groups excluding carboxylic acids is 3. The highest BCUT2D eigenvalue weighted by atomic mass is 35.5. The van der Waals surface area contributed by atoms with Gasteiger partial charge in [0.2, 0.25) is 0 Å². The quantitative estimate of drug-likeness (QED) is 0.245. The zero-order valence-corrected chi connectivity index (χ0v) is 19.1. The number of hydrogen-bond donors (Lipinski definition) is 3. The molecular formula is C24H23ClN4O5. The van der Waals surface area contributed by atoms with E-state index in [2.05, 4.69) is 28.1 Å². The molecule has 2 aromatic carbocycles. The van der Waals surface area contributed by atoms with Gasteiger partial charge in [0, 0.05) is 5.69 Å². The van der Waals surface area contributed by atoms with Gasteiger partial charge in [-0.05, 0) is 60.0 Å². The molecule has 10 heteroatoms. The number of hydrogen-bond acceptors (Lipinski definition) is 6. The fraction of sp³-hybridized carbons (Fsp3) is 0.167. The van der Waals surface area contributed by atoms with E-state index in [-0.39, 0.29) is 24.1 Å². The van der Waals surface area contributed by atoms with Crippen molar-refractivity contribution in [2.45, 2.75) is 19.9 Å². The van der Waals surface area contributed by atoms with Gasteiger partial charge in [-0.25, -0.2) is 5.43 Å². The highest BCUT2D eigenvalue weighted by molar-refractivity contribution is 6.35. The molecule has 0 radical (unpaired) electrons. The minimum Gasteiger partial charge on any atom is -0.482 e. The van der Waals surface area contributed by atoms with Crippen LogP contribution in [0.4, 0.5) is 5.69 Å². The van der Waals surface area contributed by atoms with Crippen LogP contribution in [0.25, 0.3) is 0 Å². The van der Waals surface area contributed by atoms with Gasteiger partial charge in [0.05, 0.1) is 24.0 Å². The summed E-state index contributed by atoms with van der Waals surface area (Å²) in [5.41, 5.74) is 4.54. The predicted molar refractivity (Wildman–Crippen MR) is 128 cm³/mol. The lowest BCUT2D eigenvalue weighted by Gasteiger charge is -2.09. The first-order valence-corrected chi connectivity index (χ1v) is 10.8. The van der Waals surface area contributed by atoms with E-state index in [1.807, 2.05) is 24.3 Å². The van der Waals surface area contributed by atoms with Gasteiger partial charge in [-0.2, -0.15) is 5.10 Å². The van der Waals surface area contributed by atoms with Gasteiger partial charge in [-0.1, -0.05) is 30.7 Å². The van der Waals surface area contributed by atoms with Crippen LogP contribution >= 0.6 is 11.6 Å². The SMILES string of the molecule is CCc1ccc(NC(=O)COc2ccc(/C=N\NC(=O)C(=O)NCc3ccco3)cc2Cl)cc1. The lowest BCUT2D eigenvalue weighted by atomic mass is 10.1. The number of halogens is 1. The second-order valence-electron chi connectivity index (χ2n) is 7.04. The molecule has 9 nitrogen and oxygen atoms in total. The molecule has 0 fully saturated rings. The summed E-state index contributed by atoms with van der Waals surface area (Å²) < 4.78 is 10.6. The fourth-order valence-corrected chi connectivity index (χ4v) is 3.00. The largest absolute Gasteiger partial charge is 0.482 e. The Balaban J connectivity index is 1.44. The van der Waals surface area contributed by atoms with Crippen LogP contribution in [-0.4, -0.2) is 30.5 Å². The summed E-state index contributed by atoms with van der Waals surface area (Å²) in [6.07, 6.45) is 3.71. The van der Waals surface area contributed by atoms with Crippen LogP contribution < -0.4 is 20.8 Å². The smallest absolute Gasteiger partial charge is 0.329 e. The van der Waals surface area contributed by atoms with E-state index in [9.17, 15) is 14.4 Å². The molecule has 1 heterocycles. The summed E-state index contributed by atoms with van der Waals surface area (Å²) in [5.74, 6) is -1.26. The number of aryl methyl sites for hydroxylation is 1. The average molecular weight is 483 g/mol. The molecule has 0 unspecified atom stereocenters. The van der Waals surface area contributed by atoms with Gasteiger partial charge in [-0.15, -0.1) is 0 Å². The third-order valence-corrected chi connectivity index (χ3v) is 4.85. The van der Waals surface area contributed by atoms with E-state index >= 15 is 0 Å². The van der Waals surface area contributed by atoms with Crippen molar-refractivity contribution in [3.05, 3.63) is 82.8 Å². The lowest BCUT2D eigenvalue weighted by Crippen LogP contribution is -2.37. The van der Waals surface area contributed by atoms with Crippen LogP contribution in [0.5, 0.6) is 5.75 Å². The third kappa shape index (κ3) is 7.49. The second kappa shape index (κ2) is 12.2. The summed E-state index contributed by atoms with van der Waals surface area (Å²) in [5, 5.41) is 9.15. The third-order valence-electron chi connectivity index (χ3n) is 4.55. The van der Waals surface area contributed by atoms with Crippen LogP contribution in [0, 0.1) is 0 Å². The van der Waals surface area contributed by atoms with Crippen LogP contribution in [0.3, 0.4) is 0 Å². The maximum Gasteiger partial charge on any atom is 0.329 e. The van der Waals surface area contributed by atoms with Crippen LogP contribution in [0.1, 0.15) is 23.8 Å². The number of furan rings is 1. The minimum absolute atomic E-state index is 0.0865. The van der Waals surface area contributed by atoms with Crippen molar-refractivity contribution >= 4 is 41.2 Å². The van der Waals surface area contributed by atoms with Crippen molar-refractivity contribution in [2.75, 3.05) is 11.9 Å². The normalized spacial score (nSPS) is 10.6. The van der Waals surface area contributed by atoms with E-state index in [4.69, 9.17) is 20.8 Å². The van der Waals surface area contributed by atoms with Crippen molar-refractivity contribution in [1.29, 1.82) is 0 Å². The molecule has 0 atom stereocenters. The van der Waals surface area contributed by atoms with Crippen LogP contribution in [-0.2, 0) is 27.3 Å². The standard InChI is InChI=1S/C24H23ClN4O5/c1-2-16-5-8-18(9-6-16)28-22(30)15-34-21-10-7-17(12-20(21)25)13-27-29-24(32)23(31)26-14-19-4-3-11-33-19/h3-13H,2,14-15H2,1H3,(H,26,31)(H,28,30)(H,29,32)/b27-13-. The van der Waals surface area contributed by atoms with Crippen LogP contribution in [0.2, 0.25) is 5.02 Å². The van der Waals surface area contributed by atoms with E-state index < -0.39 is 11.8 Å². The lowest BCUT2D eigenvalue weighted by molar-refractivity contribution is -0.139. The van der Waals surface area contributed by atoms with Gasteiger partial charge in [-0.3, -0.25) is 14.4 Å². The fourth-order valence-electron chi connectivity index (χ4n) is 2.76. The molecule has 1 aromatic heterocycles. The van der Waals surface area contributed by atoms with Gasteiger partial charge < -0.3 is 19.8 Å². The zero-order valence-electron chi connectivity index (χ0n) is 18.3. The molecule has 0 aliphatic carbocycles. The molecular weight excluding hydrogens is 460 g/mol. The summed E-state index contributed by atoms with van der Waals surface area (Å²) in [4.78, 5) is 35.6. The molecule has 0 spiro atoms. The minimum atomic E-state index is -0.927. The summed E-state index contributed by atoms with van der Waals surface area (Å²) in [7, 11) is 0. The second-order valence-corrected chi connectivity index (χ2v) is 7.45. The molecule has 176 valence electrons. The Morgan fingerprint density at radius 1 is 1.09 bits per heavy atom. The molecule has 34 heavy (non-hydrogen) atoms. The first-order chi connectivity index (χ1) is 16.4. The Hall–Kier alpha value is -4.11. The Morgan fingerprint density at radius 3 is 2.56 bits per heavy atom. The van der Waals surface area contributed by atoms with Gasteiger partial charge in [0.15, 0.2) is 6.61 Å². The van der Waals surface area contributed by atoms with Gasteiger partial charge >= 0.3 is 11.8 Å². The van der Waals surface area contributed by atoms with Crippen molar-refractivity contribution in [3.63, 3.8) is 0 Å². The highest BCUT2D eigenvalue weighted by Crippen LogP contribution is 2.25. The molecule has 3 amide bonds. The monoisotopic (exact) mass is 482 g/mol. The summed E-state index contributed by atoms with van der Waals surface area (Å²) in [6.45, 7) is 1.93. The molecule has 0 aliphatic rings. The van der Waals surface area contributed by atoms with Crippen molar-refractivity contribution in [3.8, 4) is 5.75 Å². The number of nitrogens with zero attached hydrogens (tertiary/aromatic N) is 1. The molecule has 0 aliphatic heterocycles. The number of carbonyl (C=O) groups is 3. The number of amides is 3. The molecule has 3 N–H and O–H groups in total. The molecule has 3 rings (SSSR count). The summed E-state index contributed by atoms with van der Waals surface area (Å²) >= 11 is 6.21. The maximum atomic E-state index is 12.1. The zero-order chi connectivity index (χ0) is 24.3. The van der Waals surface area contributed by atoms with E-state index in [1.165, 1.54) is 18.0 Å². The summed E-state index contributed by atoms with van der Waals surface area (Å²) in [6, 6.07) is 15.7.